The number of benzene rings is 1. The molecule has 0 aliphatic carbocycles. The molecule has 0 spiro atoms. The summed E-state index contributed by atoms with van der Waals surface area (Å²) in [5, 5.41) is 0. The summed E-state index contributed by atoms with van der Waals surface area (Å²) in [6.07, 6.45) is 0. The van der Waals surface area contributed by atoms with Gasteiger partial charge in [0.05, 0.1) is 14.1 Å². The maximum atomic E-state index is 9.75. The van der Waals surface area contributed by atoms with Gasteiger partial charge in [0.15, 0.2) is 0 Å². The molecule has 0 amide bonds. The number of halogens is 4. The van der Waals surface area contributed by atoms with Crippen molar-refractivity contribution in [3.05, 3.63) is 30.3 Å². The Labute approximate surface area is 80.4 Å². The van der Waals surface area contributed by atoms with Gasteiger partial charge in [-0.3, -0.25) is 0 Å². The van der Waals surface area contributed by atoms with Gasteiger partial charge in [0, 0.05) is 0 Å². The summed E-state index contributed by atoms with van der Waals surface area (Å²) in [5.41, 5.74) is 1.33. The van der Waals surface area contributed by atoms with Gasteiger partial charge in [-0.05, 0) is 12.1 Å². The van der Waals surface area contributed by atoms with Crippen molar-refractivity contribution >= 4 is 12.9 Å². The van der Waals surface area contributed by atoms with E-state index in [1.165, 1.54) is 10.6 Å². The summed E-state index contributed by atoms with van der Waals surface area (Å²) >= 11 is 0. The first-order chi connectivity index (χ1) is 6.30. The predicted molar refractivity (Wildman–Crippen MR) is 49.1 cm³/mol. The fourth-order valence-corrected chi connectivity index (χ4v) is 0.771. The molecule has 0 radical (unpaired) electrons. The third-order valence-electron chi connectivity index (χ3n) is 1.35. The fourth-order valence-electron chi connectivity index (χ4n) is 0.771. The van der Waals surface area contributed by atoms with Crippen molar-refractivity contribution in [2.45, 2.75) is 0 Å². The molecule has 0 bridgehead atoms. The second-order valence-electron chi connectivity index (χ2n) is 2.86. The lowest BCUT2D eigenvalue weighted by Gasteiger charge is -2.03. The summed E-state index contributed by atoms with van der Waals surface area (Å²) in [5.74, 6) is 0. The van der Waals surface area contributed by atoms with Gasteiger partial charge in [-0.2, -0.15) is 0 Å². The van der Waals surface area contributed by atoms with Crippen LogP contribution in [0.3, 0.4) is 0 Å². The Morgan fingerprint density at radius 3 is 1.50 bits per heavy atom. The van der Waals surface area contributed by atoms with Crippen molar-refractivity contribution < 1.29 is 22.2 Å². The van der Waals surface area contributed by atoms with Crippen molar-refractivity contribution in [2.24, 2.45) is 0 Å². The number of nitrogens with one attached hydrogen (secondary N) is 1. The lowest BCUT2D eigenvalue weighted by molar-refractivity contribution is -0.786. The van der Waals surface area contributed by atoms with Crippen molar-refractivity contribution in [2.75, 3.05) is 14.1 Å². The molecule has 0 atom stereocenters. The zero-order chi connectivity index (χ0) is 11.2. The average molecular weight is 209 g/mol. The van der Waals surface area contributed by atoms with Gasteiger partial charge in [0.1, 0.15) is 5.69 Å². The average Bonchev–Trinajstić information content (AvgIpc) is 2.03. The maximum absolute atomic E-state index is 9.75. The summed E-state index contributed by atoms with van der Waals surface area (Å²) in [7, 11) is -1.76. The van der Waals surface area contributed by atoms with Crippen LogP contribution in [0.25, 0.3) is 0 Å². The molecule has 0 aromatic heterocycles. The van der Waals surface area contributed by atoms with E-state index in [2.05, 4.69) is 38.4 Å². The first-order valence-electron chi connectivity index (χ1n) is 4.03. The van der Waals surface area contributed by atoms with Gasteiger partial charge in [0.25, 0.3) is 0 Å². The highest BCUT2D eigenvalue weighted by Crippen LogP contribution is 2.06. The third kappa shape index (κ3) is 9.06. The standard InChI is InChI=1S/C8H11N.BF4/c1-9(2)8-6-4-3-5-7-8;2-1(3,4)5/h3-7H,1-2H3;/q;-1/p+1. The maximum Gasteiger partial charge on any atom is 0.673 e. The smallest absolute Gasteiger partial charge is 0.418 e. The molecule has 1 aromatic carbocycles. The molecule has 0 heterocycles. The molecule has 0 aliphatic heterocycles. The normalized spacial score (nSPS) is 10.8. The molecular weight excluding hydrogens is 197 g/mol. The van der Waals surface area contributed by atoms with E-state index in [1.807, 2.05) is 6.07 Å². The van der Waals surface area contributed by atoms with Crippen LogP contribution in [0.4, 0.5) is 23.0 Å². The summed E-state index contributed by atoms with van der Waals surface area (Å²) in [6, 6.07) is 10.4. The van der Waals surface area contributed by atoms with Gasteiger partial charge in [-0.15, -0.1) is 0 Å². The number of rotatable bonds is 1. The fraction of sp³-hybridized carbons (Fsp3) is 0.250. The first-order valence-corrected chi connectivity index (χ1v) is 4.03. The predicted octanol–water partition coefficient (Wildman–Crippen LogP) is 1.76. The van der Waals surface area contributed by atoms with Crippen LogP contribution in [0.2, 0.25) is 0 Å². The van der Waals surface area contributed by atoms with Crippen LogP contribution in [0, 0.1) is 0 Å². The Bertz CT molecular complexity index is 241. The molecule has 1 nitrogen and oxygen atoms in total. The van der Waals surface area contributed by atoms with Crippen molar-refractivity contribution in [1.29, 1.82) is 0 Å². The van der Waals surface area contributed by atoms with E-state index in [1.54, 1.807) is 0 Å². The number of hydrogen-bond acceptors (Lipinski definition) is 0. The third-order valence-corrected chi connectivity index (χ3v) is 1.35. The molecule has 0 fully saturated rings. The number of para-hydroxylation sites is 1. The van der Waals surface area contributed by atoms with E-state index in [0.29, 0.717) is 0 Å². The van der Waals surface area contributed by atoms with E-state index >= 15 is 0 Å². The highest BCUT2D eigenvalue weighted by atomic mass is 19.5. The quantitative estimate of drug-likeness (QED) is 0.530. The first kappa shape index (κ1) is 13.0. The van der Waals surface area contributed by atoms with Crippen LogP contribution in [-0.4, -0.2) is 21.3 Å². The SMILES string of the molecule is C[NH+](C)c1ccccc1.F[B-](F)(F)F. The lowest BCUT2D eigenvalue weighted by atomic mass is 10.3. The molecule has 6 heteroatoms. The molecule has 80 valence electrons. The minimum Gasteiger partial charge on any atom is -0.418 e. The zero-order valence-electron chi connectivity index (χ0n) is 7.98. The lowest BCUT2D eigenvalue weighted by Crippen LogP contribution is -3.00. The van der Waals surface area contributed by atoms with Gasteiger partial charge in [-0.25, -0.2) is 0 Å². The van der Waals surface area contributed by atoms with E-state index in [0.717, 1.165) is 0 Å². The van der Waals surface area contributed by atoms with Crippen molar-refractivity contribution in [3.8, 4) is 0 Å². The van der Waals surface area contributed by atoms with E-state index in [-0.39, 0.29) is 0 Å². The van der Waals surface area contributed by atoms with E-state index < -0.39 is 7.25 Å². The highest BCUT2D eigenvalue weighted by molar-refractivity contribution is 6.50. The second kappa shape index (κ2) is 5.64. The molecular formula is C8H12BF4N. The van der Waals surface area contributed by atoms with E-state index in [9.17, 15) is 17.3 Å². The van der Waals surface area contributed by atoms with Gasteiger partial charge >= 0.3 is 7.25 Å². The molecule has 1 rings (SSSR count). The van der Waals surface area contributed by atoms with Crippen LogP contribution < -0.4 is 4.90 Å². The molecule has 1 aromatic rings. The molecule has 0 saturated heterocycles. The monoisotopic (exact) mass is 209 g/mol. The van der Waals surface area contributed by atoms with Gasteiger partial charge in [-0.1, -0.05) is 18.2 Å². The van der Waals surface area contributed by atoms with Crippen molar-refractivity contribution in [3.63, 3.8) is 0 Å². The molecule has 1 N–H and O–H groups in total. The minimum absolute atomic E-state index is 1.33. The highest BCUT2D eigenvalue weighted by Gasteiger charge is 2.20. The van der Waals surface area contributed by atoms with Crippen LogP contribution in [0.5, 0.6) is 0 Å². The Hall–Kier alpha value is -1.04. The number of hydrogen-bond donors (Lipinski definition) is 1. The molecule has 0 unspecified atom stereocenters. The second-order valence-corrected chi connectivity index (χ2v) is 2.86. The van der Waals surface area contributed by atoms with Gasteiger partial charge < -0.3 is 22.2 Å². The molecule has 14 heavy (non-hydrogen) atoms. The van der Waals surface area contributed by atoms with Crippen molar-refractivity contribution in [1.82, 2.24) is 0 Å². The minimum atomic E-state index is -6.00. The molecule has 0 saturated carbocycles. The largest absolute Gasteiger partial charge is 0.673 e. The summed E-state index contributed by atoms with van der Waals surface area (Å²) < 4.78 is 39.0. The van der Waals surface area contributed by atoms with Crippen LogP contribution >= 0.6 is 0 Å². The van der Waals surface area contributed by atoms with Crippen LogP contribution in [-0.2, 0) is 0 Å². The Morgan fingerprint density at radius 1 is 0.929 bits per heavy atom. The summed E-state index contributed by atoms with van der Waals surface area (Å²) in [4.78, 5) is 1.37. The number of quaternary nitrogens is 1. The zero-order valence-corrected chi connectivity index (χ0v) is 7.98. The Kier molecular flexibility index (Phi) is 5.23. The summed E-state index contributed by atoms with van der Waals surface area (Å²) in [6.45, 7) is 0. The van der Waals surface area contributed by atoms with Crippen LogP contribution in [0.1, 0.15) is 0 Å². The van der Waals surface area contributed by atoms with Gasteiger partial charge in [0.2, 0.25) is 0 Å². The Balaban J connectivity index is 0.000000292. The van der Waals surface area contributed by atoms with E-state index in [4.69, 9.17) is 0 Å². The topological polar surface area (TPSA) is 4.44 Å². The van der Waals surface area contributed by atoms with Crippen LogP contribution in [0.15, 0.2) is 30.3 Å². The Morgan fingerprint density at radius 2 is 1.29 bits per heavy atom. The molecule has 0 aliphatic rings.